The maximum Gasteiger partial charge on any atom is 0.273 e. The van der Waals surface area contributed by atoms with Gasteiger partial charge in [0.1, 0.15) is 17.6 Å². The van der Waals surface area contributed by atoms with Gasteiger partial charge in [-0.15, -0.1) is 6.58 Å². The lowest BCUT2D eigenvalue weighted by Crippen LogP contribution is -2.23. The van der Waals surface area contributed by atoms with Gasteiger partial charge in [-0.2, -0.15) is 0 Å². The molecule has 1 aromatic rings. The first-order valence-electron chi connectivity index (χ1n) is 6.39. The summed E-state index contributed by atoms with van der Waals surface area (Å²) < 4.78 is 10.4. The Morgan fingerprint density at radius 1 is 1.68 bits per heavy atom. The molecule has 1 N–H and O–H groups in total. The molecule has 1 saturated heterocycles. The Kier molecular flexibility index (Phi) is 5.35. The van der Waals surface area contributed by atoms with Crippen molar-refractivity contribution in [1.29, 1.82) is 0 Å². The van der Waals surface area contributed by atoms with Crippen LogP contribution in [0.1, 0.15) is 28.9 Å². The van der Waals surface area contributed by atoms with E-state index in [0.29, 0.717) is 23.2 Å². The van der Waals surface area contributed by atoms with Crippen LogP contribution in [0.3, 0.4) is 0 Å². The zero-order valence-electron chi connectivity index (χ0n) is 10.8. The van der Waals surface area contributed by atoms with E-state index in [0.717, 1.165) is 25.9 Å². The number of aromatic nitrogens is 1. The van der Waals surface area contributed by atoms with Crippen molar-refractivity contribution >= 4 is 17.2 Å². The summed E-state index contributed by atoms with van der Waals surface area (Å²) in [5.74, 6) is -0.0892. The molecule has 2 rings (SSSR count). The van der Waals surface area contributed by atoms with Crippen molar-refractivity contribution in [3.8, 4) is 5.19 Å². The van der Waals surface area contributed by atoms with Crippen molar-refractivity contribution in [2.24, 2.45) is 0 Å². The van der Waals surface area contributed by atoms with E-state index in [1.54, 1.807) is 6.20 Å². The molecule has 1 aliphatic rings. The van der Waals surface area contributed by atoms with Gasteiger partial charge in [0.2, 0.25) is 0 Å². The first-order valence-corrected chi connectivity index (χ1v) is 7.20. The molecule has 0 saturated carbocycles. The van der Waals surface area contributed by atoms with Crippen molar-refractivity contribution in [2.45, 2.75) is 25.4 Å². The van der Waals surface area contributed by atoms with Gasteiger partial charge in [-0.3, -0.25) is 4.79 Å². The lowest BCUT2D eigenvalue weighted by atomic mass is 10.2. The van der Waals surface area contributed by atoms with Gasteiger partial charge < -0.3 is 14.8 Å². The molecule has 0 bridgehead atoms. The molecule has 0 radical (unpaired) electrons. The fourth-order valence-electron chi connectivity index (χ4n) is 1.46. The molecule has 104 valence electrons. The van der Waals surface area contributed by atoms with Gasteiger partial charge in [0.25, 0.3) is 11.1 Å². The van der Waals surface area contributed by atoms with Crippen LogP contribution in [0.4, 0.5) is 0 Å². The smallest absolute Gasteiger partial charge is 0.273 e. The molecule has 2 heterocycles. The molecular weight excluding hydrogens is 264 g/mol. The van der Waals surface area contributed by atoms with E-state index in [2.05, 4.69) is 16.9 Å². The monoisotopic (exact) mass is 282 g/mol. The van der Waals surface area contributed by atoms with Crippen molar-refractivity contribution in [2.75, 3.05) is 19.8 Å². The molecule has 1 aromatic heterocycles. The first-order chi connectivity index (χ1) is 9.29. The van der Waals surface area contributed by atoms with Crippen LogP contribution in [0.2, 0.25) is 0 Å². The van der Waals surface area contributed by atoms with E-state index in [1.165, 1.54) is 11.3 Å². The first kappa shape index (κ1) is 14.0. The van der Waals surface area contributed by atoms with E-state index >= 15 is 0 Å². The second-order valence-electron chi connectivity index (χ2n) is 4.30. The van der Waals surface area contributed by atoms with Gasteiger partial charge in [0, 0.05) is 6.54 Å². The number of nitrogens with zero attached hydrogens (tertiary/aromatic N) is 1. The predicted molar refractivity (Wildman–Crippen MR) is 73.7 cm³/mol. The molecule has 6 heteroatoms. The highest BCUT2D eigenvalue weighted by molar-refractivity contribution is 7.15. The van der Waals surface area contributed by atoms with Crippen LogP contribution in [-0.2, 0) is 4.74 Å². The van der Waals surface area contributed by atoms with Gasteiger partial charge in [-0.1, -0.05) is 17.4 Å². The molecule has 0 aliphatic carbocycles. The highest BCUT2D eigenvalue weighted by atomic mass is 32.1. The van der Waals surface area contributed by atoms with Gasteiger partial charge in [-0.25, -0.2) is 4.98 Å². The van der Waals surface area contributed by atoms with Crippen LogP contribution in [0.5, 0.6) is 5.19 Å². The number of hydrogen-bond acceptors (Lipinski definition) is 5. The predicted octanol–water partition coefficient (Wildman–Crippen LogP) is 2.01. The number of amides is 1. The number of rotatable bonds is 9. The van der Waals surface area contributed by atoms with Gasteiger partial charge >= 0.3 is 0 Å². The molecule has 1 amide bonds. The number of hydrogen-bond donors (Lipinski definition) is 1. The average molecular weight is 282 g/mol. The van der Waals surface area contributed by atoms with Crippen molar-refractivity contribution in [3.05, 3.63) is 23.7 Å². The van der Waals surface area contributed by atoms with Crippen LogP contribution in [-0.4, -0.2) is 36.8 Å². The topological polar surface area (TPSA) is 63.8 Å². The third-order valence-corrected chi connectivity index (χ3v) is 3.53. The third-order valence-electron chi connectivity index (χ3n) is 2.62. The van der Waals surface area contributed by atoms with E-state index in [4.69, 9.17) is 9.47 Å². The lowest BCUT2D eigenvalue weighted by molar-refractivity contribution is 0.0957. The SMILES string of the molecule is C=CCCCCNC(=O)c1cnc(OCC2CO2)s1. The largest absolute Gasteiger partial charge is 0.467 e. The number of thiazole rings is 1. The van der Waals surface area contributed by atoms with Crippen LogP contribution in [0, 0.1) is 0 Å². The number of carbonyl (C=O) groups is 1. The Bertz CT molecular complexity index is 429. The van der Waals surface area contributed by atoms with Crippen LogP contribution >= 0.6 is 11.3 Å². The minimum absolute atomic E-state index is 0.0892. The Hall–Kier alpha value is -1.40. The summed E-state index contributed by atoms with van der Waals surface area (Å²) in [5.41, 5.74) is 0. The third kappa shape index (κ3) is 5.00. The molecule has 19 heavy (non-hydrogen) atoms. The van der Waals surface area contributed by atoms with Crippen LogP contribution < -0.4 is 10.1 Å². The zero-order chi connectivity index (χ0) is 13.5. The normalized spacial score (nSPS) is 16.9. The fourth-order valence-corrected chi connectivity index (χ4v) is 2.15. The molecule has 1 atom stereocenters. The highest BCUT2D eigenvalue weighted by Crippen LogP contribution is 2.21. The Morgan fingerprint density at radius 2 is 2.53 bits per heavy atom. The molecular formula is C13H18N2O3S. The van der Waals surface area contributed by atoms with E-state index in [-0.39, 0.29) is 12.0 Å². The standard InChI is InChI=1S/C13H18N2O3S/c1-2-3-4-5-6-14-12(16)11-7-15-13(19-11)18-9-10-8-17-10/h2,7,10H,1,3-6,8-9H2,(H,14,16). The number of carbonyl (C=O) groups excluding carboxylic acids is 1. The summed E-state index contributed by atoms with van der Waals surface area (Å²) in [6, 6.07) is 0. The summed E-state index contributed by atoms with van der Waals surface area (Å²) in [6.45, 7) is 5.60. The minimum Gasteiger partial charge on any atom is -0.467 e. The van der Waals surface area contributed by atoms with Crippen molar-refractivity contribution in [1.82, 2.24) is 10.3 Å². The summed E-state index contributed by atoms with van der Waals surface area (Å²) in [6.07, 6.45) is 6.62. The molecule has 1 aliphatic heterocycles. The number of allylic oxidation sites excluding steroid dienone is 1. The maximum absolute atomic E-state index is 11.8. The van der Waals surface area contributed by atoms with E-state index < -0.39 is 0 Å². The zero-order valence-corrected chi connectivity index (χ0v) is 11.6. The van der Waals surface area contributed by atoms with Crippen molar-refractivity contribution in [3.63, 3.8) is 0 Å². The van der Waals surface area contributed by atoms with Crippen LogP contribution in [0.15, 0.2) is 18.9 Å². The van der Waals surface area contributed by atoms with E-state index in [1.807, 2.05) is 6.08 Å². The number of unbranched alkanes of at least 4 members (excludes halogenated alkanes) is 2. The summed E-state index contributed by atoms with van der Waals surface area (Å²) in [7, 11) is 0. The van der Waals surface area contributed by atoms with Gasteiger partial charge in [0.05, 0.1) is 12.8 Å². The van der Waals surface area contributed by atoms with Crippen molar-refractivity contribution < 1.29 is 14.3 Å². The lowest BCUT2D eigenvalue weighted by Gasteiger charge is -2.01. The Balaban J connectivity index is 1.67. The van der Waals surface area contributed by atoms with Gasteiger partial charge in [-0.05, 0) is 19.3 Å². The number of epoxide rings is 1. The fraction of sp³-hybridized carbons (Fsp3) is 0.538. The highest BCUT2D eigenvalue weighted by Gasteiger charge is 2.23. The molecule has 5 nitrogen and oxygen atoms in total. The second kappa shape index (κ2) is 7.25. The molecule has 1 fully saturated rings. The Morgan fingerprint density at radius 3 is 3.26 bits per heavy atom. The Labute approximate surface area is 116 Å². The second-order valence-corrected chi connectivity index (χ2v) is 5.29. The van der Waals surface area contributed by atoms with Gasteiger partial charge in [0.15, 0.2) is 0 Å². The molecule has 1 unspecified atom stereocenters. The average Bonchev–Trinajstić information content (AvgIpc) is 3.13. The minimum atomic E-state index is -0.0892. The summed E-state index contributed by atoms with van der Waals surface area (Å²) >= 11 is 1.26. The summed E-state index contributed by atoms with van der Waals surface area (Å²) in [4.78, 5) is 16.4. The summed E-state index contributed by atoms with van der Waals surface area (Å²) in [5, 5.41) is 3.39. The quantitative estimate of drug-likeness (QED) is 0.427. The molecule has 0 aromatic carbocycles. The number of nitrogens with one attached hydrogen (secondary N) is 1. The number of ether oxygens (including phenoxy) is 2. The van der Waals surface area contributed by atoms with E-state index in [9.17, 15) is 4.79 Å². The molecule has 0 spiro atoms. The maximum atomic E-state index is 11.8. The van der Waals surface area contributed by atoms with Crippen LogP contribution in [0.25, 0.3) is 0 Å².